The molecule has 7 heteroatoms. The van der Waals surface area contributed by atoms with E-state index in [-0.39, 0.29) is 11.7 Å². The van der Waals surface area contributed by atoms with Gasteiger partial charge in [-0.15, -0.1) is 0 Å². The Labute approximate surface area is 156 Å². The highest BCUT2D eigenvalue weighted by Gasteiger charge is 2.28. The number of nitrogens with one attached hydrogen (secondary N) is 1. The standard InChI is InChI=1S/C20H22F3NO3/c1-2-26-18-6-4-3-5-16(18)9-12-19(25)24-13-15-7-10-17(11-8-15)27-14-20(21,22)23/h3-8,10-11H,2,9,12-14H2,1H3,(H,24,25). The Bertz CT molecular complexity index is 730. The summed E-state index contributed by atoms with van der Waals surface area (Å²) < 4.78 is 46.5. The molecule has 2 aromatic carbocycles. The summed E-state index contributed by atoms with van der Waals surface area (Å²) in [6, 6.07) is 13.7. The predicted octanol–water partition coefficient (Wildman–Crippen LogP) is 4.28. The van der Waals surface area contributed by atoms with Crippen LogP contribution in [0.1, 0.15) is 24.5 Å². The third-order valence-corrected chi connectivity index (χ3v) is 3.71. The van der Waals surface area contributed by atoms with E-state index in [1.54, 1.807) is 12.1 Å². The Morgan fingerprint density at radius 2 is 1.74 bits per heavy atom. The number of halogens is 3. The minimum atomic E-state index is -4.37. The number of ether oxygens (including phenoxy) is 2. The zero-order valence-electron chi connectivity index (χ0n) is 15.0. The third-order valence-electron chi connectivity index (χ3n) is 3.71. The Kier molecular flexibility index (Phi) is 7.52. The van der Waals surface area contributed by atoms with E-state index in [1.807, 2.05) is 31.2 Å². The molecule has 2 aromatic rings. The number of carbonyl (C=O) groups is 1. The van der Waals surface area contributed by atoms with Gasteiger partial charge < -0.3 is 14.8 Å². The molecule has 146 valence electrons. The summed E-state index contributed by atoms with van der Waals surface area (Å²) in [5, 5.41) is 2.80. The molecule has 0 fully saturated rings. The fraction of sp³-hybridized carbons (Fsp3) is 0.350. The molecular formula is C20H22F3NO3. The largest absolute Gasteiger partial charge is 0.494 e. The lowest BCUT2D eigenvalue weighted by molar-refractivity contribution is -0.153. The lowest BCUT2D eigenvalue weighted by Crippen LogP contribution is -2.23. The molecule has 4 nitrogen and oxygen atoms in total. The SMILES string of the molecule is CCOc1ccccc1CCC(=O)NCc1ccc(OCC(F)(F)F)cc1. The maximum absolute atomic E-state index is 12.1. The summed E-state index contributed by atoms with van der Waals surface area (Å²) in [6.07, 6.45) is -3.49. The molecule has 1 N–H and O–H groups in total. The van der Waals surface area contributed by atoms with Gasteiger partial charge >= 0.3 is 6.18 Å². The molecule has 27 heavy (non-hydrogen) atoms. The van der Waals surface area contributed by atoms with Crippen molar-refractivity contribution >= 4 is 5.91 Å². The van der Waals surface area contributed by atoms with Gasteiger partial charge in [0.15, 0.2) is 6.61 Å². The number of carbonyl (C=O) groups excluding carboxylic acids is 1. The van der Waals surface area contributed by atoms with Gasteiger partial charge in [0.2, 0.25) is 5.91 Å². The van der Waals surface area contributed by atoms with Crippen molar-refractivity contribution in [2.45, 2.75) is 32.5 Å². The molecule has 0 saturated heterocycles. The summed E-state index contributed by atoms with van der Waals surface area (Å²) in [5.41, 5.74) is 1.75. The first-order valence-corrected chi connectivity index (χ1v) is 8.63. The van der Waals surface area contributed by atoms with Crippen LogP contribution >= 0.6 is 0 Å². The van der Waals surface area contributed by atoms with E-state index in [4.69, 9.17) is 4.74 Å². The summed E-state index contributed by atoms with van der Waals surface area (Å²) in [5.74, 6) is 0.802. The fourth-order valence-corrected chi connectivity index (χ4v) is 2.41. The normalized spacial score (nSPS) is 11.1. The first-order chi connectivity index (χ1) is 12.9. The van der Waals surface area contributed by atoms with Crippen LogP contribution in [0.25, 0.3) is 0 Å². The van der Waals surface area contributed by atoms with Crippen LogP contribution in [0.5, 0.6) is 11.5 Å². The second-order valence-corrected chi connectivity index (χ2v) is 5.87. The lowest BCUT2D eigenvalue weighted by Gasteiger charge is -2.11. The second kappa shape index (κ2) is 9.85. The number of hydrogen-bond acceptors (Lipinski definition) is 3. The van der Waals surface area contributed by atoms with E-state index in [9.17, 15) is 18.0 Å². The van der Waals surface area contributed by atoms with Crippen LogP contribution in [0.3, 0.4) is 0 Å². The number of amides is 1. The number of rotatable bonds is 9. The van der Waals surface area contributed by atoms with Crippen molar-refractivity contribution in [1.29, 1.82) is 0 Å². The molecule has 1 amide bonds. The topological polar surface area (TPSA) is 47.6 Å². The average molecular weight is 381 g/mol. The van der Waals surface area contributed by atoms with Gasteiger partial charge in [-0.25, -0.2) is 0 Å². The summed E-state index contributed by atoms with van der Waals surface area (Å²) in [6.45, 7) is 1.44. The molecule has 0 aliphatic carbocycles. The number of aryl methyl sites for hydroxylation is 1. The summed E-state index contributed by atoms with van der Waals surface area (Å²) >= 11 is 0. The van der Waals surface area contributed by atoms with Crippen LogP contribution in [-0.2, 0) is 17.8 Å². The number of alkyl halides is 3. The molecule has 0 aliphatic heterocycles. The van der Waals surface area contributed by atoms with Crippen molar-refractivity contribution < 1.29 is 27.4 Å². The zero-order chi connectivity index (χ0) is 19.7. The maximum atomic E-state index is 12.1. The second-order valence-electron chi connectivity index (χ2n) is 5.87. The van der Waals surface area contributed by atoms with Crippen LogP contribution in [0.4, 0.5) is 13.2 Å². The van der Waals surface area contributed by atoms with Gasteiger partial charge in [-0.3, -0.25) is 4.79 Å². The van der Waals surface area contributed by atoms with Gasteiger partial charge in [0.05, 0.1) is 6.61 Å². The molecule has 0 heterocycles. The molecular weight excluding hydrogens is 359 g/mol. The molecule has 0 spiro atoms. The van der Waals surface area contributed by atoms with Gasteiger partial charge in [-0.2, -0.15) is 13.2 Å². The summed E-state index contributed by atoms with van der Waals surface area (Å²) in [4.78, 5) is 12.0. The molecule has 0 bridgehead atoms. The van der Waals surface area contributed by atoms with Gasteiger partial charge in [0.25, 0.3) is 0 Å². The minimum Gasteiger partial charge on any atom is -0.494 e. The molecule has 0 aromatic heterocycles. The maximum Gasteiger partial charge on any atom is 0.422 e. The molecule has 0 radical (unpaired) electrons. The fourth-order valence-electron chi connectivity index (χ4n) is 2.41. The molecule has 0 unspecified atom stereocenters. The highest BCUT2D eigenvalue weighted by atomic mass is 19.4. The molecule has 0 saturated carbocycles. The van der Waals surface area contributed by atoms with Crippen LogP contribution in [0, 0.1) is 0 Å². The van der Waals surface area contributed by atoms with E-state index in [1.165, 1.54) is 12.1 Å². The van der Waals surface area contributed by atoms with Crippen molar-refractivity contribution in [3.05, 3.63) is 59.7 Å². The molecule has 0 aliphatic rings. The monoisotopic (exact) mass is 381 g/mol. The smallest absolute Gasteiger partial charge is 0.422 e. The van der Waals surface area contributed by atoms with Crippen molar-refractivity contribution in [3.8, 4) is 11.5 Å². The Hall–Kier alpha value is -2.70. The zero-order valence-corrected chi connectivity index (χ0v) is 15.0. The van der Waals surface area contributed by atoms with Crippen LogP contribution in [-0.4, -0.2) is 25.3 Å². The molecule has 0 atom stereocenters. The van der Waals surface area contributed by atoms with Crippen molar-refractivity contribution in [3.63, 3.8) is 0 Å². The van der Waals surface area contributed by atoms with Crippen molar-refractivity contribution in [2.24, 2.45) is 0 Å². The van der Waals surface area contributed by atoms with Gasteiger partial charge in [-0.1, -0.05) is 30.3 Å². The first kappa shape index (κ1) is 20.6. The van der Waals surface area contributed by atoms with E-state index in [2.05, 4.69) is 10.1 Å². The molecule has 2 rings (SSSR count). The van der Waals surface area contributed by atoms with Crippen LogP contribution in [0.15, 0.2) is 48.5 Å². The first-order valence-electron chi connectivity index (χ1n) is 8.63. The van der Waals surface area contributed by atoms with Crippen molar-refractivity contribution in [1.82, 2.24) is 5.32 Å². The van der Waals surface area contributed by atoms with E-state index in [0.717, 1.165) is 16.9 Å². The highest BCUT2D eigenvalue weighted by Crippen LogP contribution is 2.20. The lowest BCUT2D eigenvalue weighted by atomic mass is 10.1. The Balaban J connectivity index is 1.77. The number of benzene rings is 2. The quantitative estimate of drug-likeness (QED) is 0.706. The van der Waals surface area contributed by atoms with E-state index < -0.39 is 12.8 Å². The van der Waals surface area contributed by atoms with Gasteiger partial charge in [0, 0.05) is 13.0 Å². The van der Waals surface area contributed by atoms with Crippen LogP contribution < -0.4 is 14.8 Å². The third kappa shape index (κ3) is 7.60. The Morgan fingerprint density at radius 1 is 1.04 bits per heavy atom. The average Bonchev–Trinajstić information content (AvgIpc) is 2.64. The van der Waals surface area contributed by atoms with Gasteiger partial charge in [-0.05, 0) is 42.7 Å². The van der Waals surface area contributed by atoms with Crippen molar-refractivity contribution in [2.75, 3.05) is 13.2 Å². The Morgan fingerprint density at radius 3 is 2.41 bits per heavy atom. The van der Waals surface area contributed by atoms with E-state index in [0.29, 0.717) is 26.0 Å². The van der Waals surface area contributed by atoms with E-state index >= 15 is 0 Å². The van der Waals surface area contributed by atoms with Crippen LogP contribution in [0.2, 0.25) is 0 Å². The minimum absolute atomic E-state index is 0.112. The summed E-state index contributed by atoms with van der Waals surface area (Å²) in [7, 11) is 0. The highest BCUT2D eigenvalue weighted by molar-refractivity contribution is 5.76. The number of hydrogen-bond donors (Lipinski definition) is 1. The number of para-hydroxylation sites is 1. The predicted molar refractivity (Wildman–Crippen MR) is 95.8 cm³/mol. The van der Waals surface area contributed by atoms with Gasteiger partial charge in [0.1, 0.15) is 11.5 Å².